The molecule has 7 heteroatoms. The second kappa shape index (κ2) is 7.02. The highest BCUT2D eigenvalue weighted by Gasteiger charge is 2.13. The maximum absolute atomic E-state index is 12.1. The van der Waals surface area contributed by atoms with Crippen LogP contribution in [0.2, 0.25) is 5.02 Å². The maximum Gasteiger partial charge on any atom is 0.272 e. The van der Waals surface area contributed by atoms with Gasteiger partial charge in [0.25, 0.3) is 11.6 Å². The van der Waals surface area contributed by atoms with Crippen LogP contribution in [0.15, 0.2) is 47.6 Å². The predicted octanol–water partition coefficient (Wildman–Crippen LogP) is 3.71. The lowest BCUT2D eigenvalue weighted by atomic mass is 10.1. The van der Waals surface area contributed by atoms with Gasteiger partial charge in [0.1, 0.15) is 0 Å². The lowest BCUT2D eigenvalue weighted by Gasteiger charge is -2.05. The molecule has 6 nitrogen and oxygen atoms in total. The van der Waals surface area contributed by atoms with E-state index in [-0.39, 0.29) is 5.69 Å². The molecule has 0 heterocycles. The Bertz CT molecular complexity index is 803. The minimum atomic E-state index is -0.489. The molecule has 0 aliphatic rings. The van der Waals surface area contributed by atoms with Gasteiger partial charge in [-0.2, -0.15) is 5.10 Å². The van der Waals surface area contributed by atoms with Crippen LogP contribution in [0, 0.1) is 17.0 Å². The molecule has 2 aromatic carbocycles. The first kappa shape index (κ1) is 16.6. The summed E-state index contributed by atoms with van der Waals surface area (Å²) in [6.07, 6.45) is 0. The molecule has 0 aromatic heterocycles. The number of nitrogens with one attached hydrogen (secondary N) is 1. The zero-order chi connectivity index (χ0) is 17.0. The molecule has 0 radical (unpaired) electrons. The number of carbonyl (C=O) groups is 1. The number of nitro benzene ring substituents is 1. The van der Waals surface area contributed by atoms with E-state index < -0.39 is 10.8 Å². The number of amides is 1. The average Bonchev–Trinajstić information content (AvgIpc) is 2.52. The maximum atomic E-state index is 12.1. The number of nitro groups is 1. The van der Waals surface area contributed by atoms with Gasteiger partial charge in [-0.1, -0.05) is 29.8 Å². The van der Waals surface area contributed by atoms with Crippen LogP contribution >= 0.6 is 11.6 Å². The molecular weight excluding hydrogens is 318 g/mol. The SMILES string of the molecule is C/C(=N\NC(=O)c1ccc([N+](=O)[O-])c(C)c1)c1ccccc1Cl. The number of aryl methyl sites for hydroxylation is 1. The zero-order valence-corrected chi connectivity index (χ0v) is 13.3. The van der Waals surface area contributed by atoms with E-state index in [0.29, 0.717) is 27.4 Å². The van der Waals surface area contributed by atoms with Gasteiger partial charge in [0.2, 0.25) is 0 Å². The quantitative estimate of drug-likeness (QED) is 0.526. The van der Waals surface area contributed by atoms with E-state index in [1.54, 1.807) is 32.0 Å². The molecule has 23 heavy (non-hydrogen) atoms. The van der Waals surface area contributed by atoms with Crippen molar-refractivity contribution in [3.63, 3.8) is 0 Å². The molecule has 2 rings (SSSR count). The number of benzene rings is 2. The van der Waals surface area contributed by atoms with Gasteiger partial charge >= 0.3 is 0 Å². The molecule has 0 saturated carbocycles. The van der Waals surface area contributed by atoms with Crippen molar-refractivity contribution in [2.45, 2.75) is 13.8 Å². The Morgan fingerprint density at radius 3 is 2.57 bits per heavy atom. The van der Waals surface area contributed by atoms with Crippen LogP contribution in [-0.4, -0.2) is 16.5 Å². The van der Waals surface area contributed by atoms with Crippen molar-refractivity contribution >= 4 is 28.9 Å². The van der Waals surface area contributed by atoms with Crippen LogP contribution in [0.1, 0.15) is 28.4 Å². The first-order chi connectivity index (χ1) is 10.9. The number of rotatable bonds is 4. The van der Waals surface area contributed by atoms with Crippen molar-refractivity contribution in [3.8, 4) is 0 Å². The highest BCUT2D eigenvalue weighted by atomic mass is 35.5. The first-order valence-corrected chi connectivity index (χ1v) is 7.12. The summed E-state index contributed by atoms with van der Waals surface area (Å²) in [6.45, 7) is 3.30. The van der Waals surface area contributed by atoms with Crippen LogP contribution in [-0.2, 0) is 0 Å². The van der Waals surface area contributed by atoms with Crippen molar-refractivity contribution in [3.05, 3.63) is 74.3 Å². The monoisotopic (exact) mass is 331 g/mol. The summed E-state index contributed by atoms with van der Waals surface area (Å²) in [6, 6.07) is 11.3. The van der Waals surface area contributed by atoms with E-state index in [9.17, 15) is 14.9 Å². The Hall–Kier alpha value is -2.73. The molecule has 1 amide bonds. The number of hydrogen-bond donors (Lipinski definition) is 1. The predicted molar refractivity (Wildman–Crippen MR) is 89.0 cm³/mol. The Morgan fingerprint density at radius 1 is 1.26 bits per heavy atom. The van der Waals surface area contributed by atoms with E-state index in [1.165, 1.54) is 18.2 Å². The minimum absolute atomic E-state index is 0.0303. The van der Waals surface area contributed by atoms with Gasteiger partial charge in [-0.3, -0.25) is 14.9 Å². The zero-order valence-electron chi connectivity index (χ0n) is 12.5. The van der Waals surface area contributed by atoms with E-state index in [2.05, 4.69) is 10.5 Å². The van der Waals surface area contributed by atoms with Gasteiger partial charge in [0.05, 0.1) is 10.6 Å². The molecular formula is C16H14ClN3O3. The van der Waals surface area contributed by atoms with Crippen molar-refractivity contribution in [2.24, 2.45) is 5.10 Å². The number of hydrazone groups is 1. The molecule has 0 atom stereocenters. The number of halogens is 1. The highest BCUT2D eigenvalue weighted by Crippen LogP contribution is 2.19. The summed E-state index contributed by atoms with van der Waals surface area (Å²) in [5.74, 6) is -0.450. The molecule has 0 bridgehead atoms. The number of nitrogens with zero attached hydrogens (tertiary/aromatic N) is 2. The summed E-state index contributed by atoms with van der Waals surface area (Å²) in [7, 11) is 0. The summed E-state index contributed by atoms with van der Waals surface area (Å²) in [5, 5.41) is 15.3. The smallest absolute Gasteiger partial charge is 0.267 e. The van der Waals surface area contributed by atoms with Crippen LogP contribution in [0.25, 0.3) is 0 Å². The van der Waals surface area contributed by atoms with E-state index in [0.717, 1.165) is 0 Å². The lowest BCUT2D eigenvalue weighted by Crippen LogP contribution is -2.19. The first-order valence-electron chi connectivity index (χ1n) is 6.74. The van der Waals surface area contributed by atoms with Crippen LogP contribution in [0.3, 0.4) is 0 Å². The molecule has 2 aromatic rings. The minimum Gasteiger partial charge on any atom is -0.267 e. The van der Waals surface area contributed by atoms with Gasteiger partial charge in [0, 0.05) is 27.8 Å². The molecule has 0 aliphatic heterocycles. The molecule has 0 aliphatic carbocycles. The third-order valence-corrected chi connectivity index (χ3v) is 3.57. The Labute approximate surface area is 137 Å². The Morgan fingerprint density at radius 2 is 1.96 bits per heavy atom. The number of carbonyl (C=O) groups excluding carboxylic acids is 1. The summed E-state index contributed by atoms with van der Waals surface area (Å²) in [5.41, 5.74) is 4.37. The normalized spacial score (nSPS) is 11.2. The van der Waals surface area contributed by atoms with Gasteiger partial charge < -0.3 is 0 Å². The fourth-order valence-electron chi connectivity index (χ4n) is 2.02. The summed E-state index contributed by atoms with van der Waals surface area (Å²) < 4.78 is 0. The topological polar surface area (TPSA) is 84.6 Å². The standard InChI is InChI=1S/C16H14ClN3O3/c1-10-9-12(7-8-15(10)20(22)23)16(21)19-18-11(2)13-5-3-4-6-14(13)17/h3-9H,1-2H3,(H,19,21)/b18-11+. The van der Waals surface area contributed by atoms with E-state index in [1.807, 2.05) is 6.07 Å². The van der Waals surface area contributed by atoms with E-state index in [4.69, 9.17) is 11.6 Å². The van der Waals surface area contributed by atoms with Crippen LogP contribution < -0.4 is 5.43 Å². The molecule has 0 fully saturated rings. The Balaban J connectivity index is 2.16. The second-order valence-corrected chi connectivity index (χ2v) is 5.28. The van der Waals surface area contributed by atoms with Crippen molar-refractivity contribution in [1.82, 2.24) is 5.43 Å². The fraction of sp³-hybridized carbons (Fsp3) is 0.125. The average molecular weight is 332 g/mol. The van der Waals surface area contributed by atoms with Crippen molar-refractivity contribution < 1.29 is 9.72 Å². The lowest BCUT2D eigenvalue weighted by molar-refractivity contribution is -0.385. The van der Waals surface area contributed by atoms with Crippen LogP contribution in [0.5, 0.6) is 0 Å². The molecule has 0 spiro atoms. The van der Waals surface area contributed by atoms with Gasteiger partial charge in [-0.15, -0.1) is 0 Å². The van der Waals surface area contributed by atoms with Crippen molar-refractivity contribution in [1.29, 1.82) is 0 Å². The molecule has 1 N–H and O–H groups in total. The van der Waals surface area contributed by atoms with E-state index >= 15 is 0 Å². The van der Waals surface area contributed by atoms with Gasteiger partial charge in [0.15, 0.2) is 0 Å². The Kier molecular flexibility index (Phi) is 5.08. The van der Waals surface area contributed by atoms with Crippen LogP contribution in [0.4, 0.5) is 5.69 Å². The molecule has 118 valence electrons. The fourth-order valence-corrected chi connectivity index (χ4v) is 2.29. The largest absolute Gasteiger partial charge is 0.272 e. The molecule has 0 saturated heterocycles. The highest BCUT2D eigenvalue weighted by molar-refractivity contribution is 6.34. The summed E-state index contributed by atoms with van der Waals surface area (Å²) in [4.78, 5) is 22.4. The third kappa shape index (κ3) is 3.92. The van der Waals surface area contributed by atoms with Gasteiger partial charge in [-0.25, -0.2) is 5.43 Å². The van der Waals surface area contributed by atoms with Gasteiger partial charge in [-0.05, 0) is 32.0 Å². The molecule has 0 unspecified atom stereocenters. The summed E-state index contributed by atoms with van der Waals surface area (Å²) >= 11 is 6.06. The third-order valence-electron chi connectivity index (χ3n) is 3.24. The van der Waals surface area contributed by atoms with Crippen molar-refractivity contribution in [2.75, 3.05) is 0 Å². The second-order valence-electron chi connectivity index (χ2n) is 4.88. The number of hydrogen-bond acceptors (Lipinski definition) is 4.